The maximum absolute atomic E-state index is 5.48. The van der Waals surface area contributed by atoms with E-state index in [1.54, 1.807) is 0 Å². The molecule has 0 aliphatic heterocycles. The van der Waals surface area contributed by atoms with Crippen molar-refractivity contribution in [3.63, 3.8) is 0 Å². The zero-order valence-electron chi connectivity index (χ0n) is 5.44. The summed E-state index contributed by atoms with van der Waals surface area (Å²) in [7, 11) is 0. The second kappa shape index (κ2) is 2.04. The topological polar surface area (TPSA) is 109 Å². The number of aromatic nitrogens is 6. The Bertz CT molecular complexity index is 333. The number of rotatable bonds is 1. The number of nitrogens with one attached hydrogen (secondary N) is 2. The third-order valence-electron chi connectivity index (χ3n) is 1.25. The second-order valence-electron chi connectivity index (χ2n) is 1.94. The summed E-state index contributed by atoms with van der Waals surface area (Å²) in [5, 5.41) is 19.4. The minimum absolute atomic E-state index is 0.399. The van der Waals surface area contributed by atoms with E-state index in [1.807, 2.05) is 0 Å². The van der Waals surface area contributed by atoms with Crippen LogP contribution in [0.5, 0.6) is 0 Å². The predicted molar refractivity (Wildman–Crippen MR) is 36.2 cm³/mol. The number of hydrogen-bond donors (Lipinski definition) is 3. The summed E-state index contributed by atoms with van der Waals surface area (Å²) in [6, 6.07) is 0. The average Bonchev–Trinajstić information content (AvgIpc) is 2.55. The summed E-state index contributed by atoms with van der Waals surface area (Å²) in [6.07, 6.45) is 1.52. The van der Waals surface area contributed by atoms with Crippen molar-refractivity contribution in [1.29, 1.82) is 0 Å². The van der Waals surface area contributed by atoms with Gasteiger partial charge in [-0.3, -0.25) is 5.10 Å². The normalized spacial score (nSPS) is 10.2. The Morgan fingerprint density at radius 3 is 2.73 bits per heavy atom. The summed E-state index contributed by atoms with van der Waals surface area (Å²) in [5.41, 5.74) is 6.66. The SMILES string of the molecule is Nc1[nH]nnc1-c1cnn[nH]1. The van der Waals surface area contributed by atoms with Crippen molar-refractivity contribution >= 4 is 5.82 Å². The first-order valence-electron chi connectivity index (χ1n) is 2.91. The Morgan fingerprint density at radius 1 is 1.27 bits per heavy atom. The number of anilines is 1. The highest BCUT2D eigenvalue weighted by atomic mass is 15.4. The van der Waals surface area contributed by atoms with Crippen LogP contribution in [0, 0.1) is 0 Å². The van der Waals surface area contributed by atoms with Gasteiger partial charge in [0.05, 0.1) is 6.20 Å². The summed E-state index contributed by atoms with van der Waals surface area (Å²) in [6.45, 7) is 0. The monoisotopic (exact) mass is 151 g/mol. The summed E-state index contributed by atoms with van der Waals surface area (Å²) >= 11 is 0. The molecule has 0 amide bonds. The molecular weight excluding hydrogens is 146 g/mol. The van der Waals surface area contributed by atoms with E-state index < -0.39 is 0 Å². The molecule has 0 spiro atoms. The molecule has 7 nitrogen and oxygen atoms in total. The molecule has 2 aromatic heterocycles. The minimum Gasteiger partial charge on any atom is -0.382 e. The first-order valence-corrected chi connectivity index (χ1v) is 2.91. The van der Waals surface area contributed by atoms with Crippen LogP contribution >= 0.6 is 0 Å². The summed E-state index contributed by atoms with van der Waals surface area (Å²) in [5.74, 6) is 0.399. The van der Waals surface area contributed by atoms with Crippen molar-refractivity contribution in [2.75, 3.05) is 5.73 Å². The standard InChI is InChI=1S/C4H5N7/c5-4-3(8-11-9-4)2-1-6-10-7-2/h1H,(H,6,7,10)(H3,5,8,9,11). The Kier molecular flexibility index (Phi) is 1.08. The molecule has 2 aromatic rings. The third-order valence-corrected chi connectivity index (χ3v) is 1.25. The van der Waals surface area contributed by atoms with Crippen LogP contribution in [0.25, 0.3) is 11.4 Å². The predicted octanol–water partition coefficient (Wildman–Crippen LogP) is -0.828. The Morgan fingerprint density at radius 2 is 2.18 bits per heavy atom. The summed E-state index contributed by atoms with van der Waals surface area (Å²) < 4.78 is 0. The number of H-pyrrole nitrogens is 2. The van der Waals surface area contributed by atoms with Crippen LogP contribution in [0.4, 0.5) is 5.82 Å². The molecule has 7 heteroatoms. The van der Waals surface area contributed by atoms with Crippen molar-refractivity contribution in [1.82, 2.24) is 30.8 Å². The second-order valence-corrected chi connectivity index (χ2v) is 1.94. The zero-order chi connectivity index (χ0) is 7.68. The van der Waals surface area contributed by atoms with Gasteiger partial charge in [0.15, 0.2) is 5.69 Å². The molecule has 4 N–H and O–H groups in total. The molecule has 0 saturated heterocycles. The van der Waals surface area contributed by atoms with Crippen LogP contribution in [0.2, 0.25) is 0 Å². The molecule has 0 unspecified atom stereocenters. The van der Waals surface area contributed by atoms with Crippen molar-refractivity contribution in [3.05, 3.63) is 6.20 Å². The van der Waals surface area contributed by atoms with Gasteiger partial charge >= 0.3 is 0 Å². The minimum atomic E-state index is 0.399. The van der Waals surface area contributed by atoms with E-state index in [-0.39, 0.29) is 0 Å². The van der Waals surface area contributed by atoms with E-state index in [1.165, 1.54) is 6.20 Å². The van der Waals surface area contributed by atoms with Crippen molar-refractivity contribution in [2.24, 2.45) is 0 Å². The highest BCUT2D eigenvalue weighted by Crippen LogP contribution is 2.15. The molecule has 0 saturated carbocycles. The zero-order valence-corrected chi connectivity index (χ0v) is 5.44. The molecular formula is C4H5N7. The lowest BCUT2D eigenvalue weighted by molar-refractivity contribution is 0.931. The van der Waals surface area contributed by atoms with Crippen LogP contribution in [0.15, 0.2) is 6.20 Å². The molecule has 56 valence electrons. The van der Waals surface area contributed by atoms with Crippen molar-refractivity contribution in [3.8, 4) is 11.4 Å². The maximum Gasteiger partial charge on any atom is 0.156 e. The van der Waals surface area contributed by atoms with Gasteiger partial charge in [-0.25, -0.2) is 5.10 Å². The molecule has 2 rings (SSSR count). The third kappa shape index (κ3) is 0.820. The van der Waals surface area contributed by atoms with Gasteiger partial charge in [0, 0.05) is 0 Å². The highest BCUT2D eigenvalue weighted by Gasteiger charge is 2.07. The average molecular weight is 151 g/mol. The van der Waals surface area contributed by atoms with Crippen molar-refractivity contribution in [2.45, 2.75) is 0 Å². The Hall–Kier alpha value is -1.92. The van der Waals surface area contributed by atoms with E-state index in [9.17, 15) is 0 Å². The Labute approximate surface area is 61.0 Å². The fraction of sp³-hybridized carbons (Fsp3) is 0. The lowest BCUT2D eigenvalue weighted by Gasteiger charge is -1.87. The van der Waals surface area contributed by atoms with E-state index in [4.69, 9.17) is 5.73 Å². The van der Waals surface area contributed by atoms with Gasteiger partial charge in [0.2, 0.25) is 0 Å². The molecule has 0 aromatic carbocycles. The molecule has 2 heterocycles. The molecule has 0 atom stereocenters. The number of nitrogens with two attached hydrogens (primary N) is 1. The van der Waals surface area contributed by atoms with Gasteiger partial charge in [0.25, 0.3) is 0 Å². The molecule has 0 bridgehead atoms. The van der Waals surface area contributed by atoms with E-state index in [0.29, 0.717) is 17.2 Å². The fourth-order valence-corrected chi connectivity index (χ4v) is 0.747. The molecule has 0 aliphatic carbocycles. The molecule has 0 aliphatic rings. The largest absolute Gasteiger partial charge is 0.382 e. The van der Waals surface area contributed by atoms with E-state index >= 15 is 0 Å². The van der Waals surface area contributed by atoms with Crippen LogP contribution in [-0.4, -0.2) is 30.8 Å². The van der Waals surface area contributed by atoms with E-state index in [2.05, 4.69) is 30.8 Å². The van der Waals surface area contributed by atoms with Gasteiger partial charge in [-0.1, -0.05) is 10.4 Å². The van der Waals surface area contributed by atoms with Crippen LogP contribution in [0.3, 0.4) is 0 Å². The van der Waals surface area contributed by atoms with Crippen LogP contribution in [0.1, 0.15) is 0 Å². The smallest absolute Gasteiger partial charge is 0.156 e. The Balaban J connectivity index is 2.53. The summed E-state index contributed by atoms with van der Waals surface area (Å²) in [4.78, 5) is 0. The first kappa shape index (κ1) is 5.83. The molecule has 0 fully saturated rings. The van der Waals surface area contributed by atoms with E-state index in [0.717, 1.165) is 0 Å². The van der Waals surface area contributed by atoms with Gasteiger partial charge in [0.1, 0.15) is 11.5 Å². The first-order chi connectivity index (χ1) is 5.38. The van der Waals surface area contributed by atoms with Crippen molar-refractivity contribution < 1.29 is 0 Å². The quantitative estimate of drug-likeness (QED) is 0.493. The lowest BCUT2D eigenvalue weighted by Crippen LogP contribution is -1.88. The highest BCUT2D eigenvalue weighted by molar-refractivity contribution is 5.64. The van der Waals surface area contributed by atoms with Crippen LogP contribution < -0.4 is 5.73 Å². The lowest BCUT2D eigenvalue weighted by atomic mass is 10.3. The van der Waals surface area contributed by atoms with Gasteiger partial charge in [-0.2, -0.15) is 0 Å². The molecule has 0 radical (unpaired) electrons. The number of nitrogens with zero attached hydrogens (tertiary/aromatic N) is 4. The van der Waals surface area contributed by atoms with Gasteiger partial charge in [-0.05, 0) is 0 Å². The maximum atomic E-state index is 5.48. The number of aromatic amines is 2. The fourth-order valence-electron chi connectivity index (χ4n) is 0.747. The number of hydrogen-bond acceptors (Lipinski definition) is 5. The molecule has 11 heavy (non-hydrogen) atoms. The van der Waals surface area contributed by atoms with Crippen LogP contribution in [-0.2, 0) is 0 Å². The number of nitrogen functional groups attached to an aromatic ring is 1. The van der Waals surface area contributed by atoms with Gasteiger partial charge in [-0.15, -0.1) is 10.2 Å². The van der Waals surface area contributed by atoms with Gasteiger partial charge < -0.3 is 5.73 Å².